The van der Waals surface area contributed by atoms with Crippen LogP contribution in [0.25, 0.3) is 11.3 Å². The average molecular weight is 436 g/mol. The lowest BCUT2D eigenvalue weighted by Crippen LogP contribution is -2.38. The van der Waals surface area contributed by atoms with Crippen LogP contribution in [0.4, 0.5) is 15.9 Å². The van der Waals surface area contributed by atoms with Gasteiger partial charge >= 0.3 is 0 Å². The quantitative estimate of drug-likeness (QED) is 0.626. The second kappa shape index (κ2) is 9.64. The van der Waals surface area contributed by atoms with E-state index in [9.17, 15) is 9.18 Å². The van der Waals surface area contributed by atoms with Gasteiger partial charge in [0.25, 0.3) is 0 Å². The van der Waals surface area contributed by atoms with Crippen LogP contribution in [-0.2, 0) is 4.79 Å². The van der Waals surface area contributed by atoms with E-state index < -0.39 is 0 Å². The number of halogens is 1. The molecule has 0 saturated carbocycles. The Bertz CT molecular complexity index is 1040. The molecule has 1 amide bonds. The molecule has 0 spiro atoms. The van der Waals surface area contributed by atoms with E-state index in [1.165, 1.54) is 12.1 Å². The van der Waals surface area contributed by atoms with Gasteiger partial charge in [-0.15, -0.1) is 10.2 Å². The summed E-state index contributed by atoms with van der Waals surface area (Å²) in [6.45, 7) is 1.42. The van der Waals surface area contributed by atoms with Crippen LogP contribution in [0.5, 0.6) is 11.5 Å². The molecule has 1 aliphatic rings. The van der Waals surface area contributed by atoms with Crippen LogP contribution in [0.15, 0.2) is 54.6 Å². The van der Waals surface area contributed by atoms with E-state index in [0.717, 1.165) is 11.4 Å². The first kappa shape index (κ1) is 21.5. The van der Waals surface area contributed by atoms with Crippen molar-refractivity contribution >= 4 is 17.4 Å². The Morgan fingerprint density at radius 2 is 1.62 bits per heavy atom. The topological polar surface area (TPSA) is 76.6 Å². The Morgan fingerprint density at radius 1 is 0.969 bits per heavy atom. The second-order valence-electron chi connectivity index (χ2n) is 7.64. The first-order valence-electron chi connectivity index (χ1n) is 10.4. The van der Waals surface area contributed by atoms with Crippen LogP contribution < -0.4 is 19.7 Å². The van der Waals surface area contributed by atoms with Crippen molar-refractivity contribution in [3.05, 3.63) is 60.4 Å². The van der Waals surface area contributed by atoms with Gasteiger partial charge in [0, 0.05) is 48.5 Å². The lowest BCUT2D eigenvalue weighted by Gasteiger charge is -2.31. The SMILES string of the molecule is COc1cc(NC(=O)C2CCN(c3ccc(-c4ccc(F)cc4)nn3)CC2)cc(OC)c1. The number of carbonyl (C=O) groups is 1. The zero-order chi connectivity index (χ0) is 22.5. The van der Waals surface area contributed by atoms with Crippen LogP contribution in [-0.4, -0.2) is 43.4 Å². The predicted molar refractivity (Wildman–Crippen MR) is 121 cm³/mol. The molecule has 0 radical (unpaired) electrons. The molecule has 1 N–H and O–H groups in total. The van der Waals surface area contributed by atoms with Gasteiger partial charge in [-0.3, -0.25) is 4.79 Å². The largest absolute Gasteiger partial charge is 0.497 e. The summed E-state index contributed by atoms with van der Waals surface area (Å²) in [5, 5.41) is 11.6. The number of aromatic nitrogens is 2. The van der Waals surface area contributed by atoms with E-state index in [4.69, 9.17) is 9.47 Å². The third-order valence-electron chi connectivity index (χ3n) is 5.60. The molecule has 4 rings (SSSR count). The number of piperidine rings is 1. The zero-order valence-electron chi connectivity index (χ0n) is 18.0. The summed E-state index contributed by atoms with van der Waals surface area (Å²) in [7, 11) is 3.15. The summed E-state index contributed by atoms with van der Waals surface area (Å²) in [4.78, 5) is 14.9. The van der Waals surface area contributed by atoms with Crippen LogP contribution in [0, 0.1) is 11.7 Å². The highest BCUT2D eigenvalue weighted by Crippen LogP contribution is 2.28. The van der Waals surface area contributed by atoms with Gasteiger partial charge < -0.3 is 19.7 Å². The van der Waals surface area contributed by atoms with E-state index in [2.05, 4.69) is 20.4 Å². The number of hydrogen-bond donors (Lipinski definition) is 1. The van der Waals surface area contributed by atoms with Crippen LogP contribution in [0.2, 0.25) is 0 Å². The van der Waals surface area contributed by atoms with Crippen molar-refractivity contribution in [1.29, 1.82) is 0 Å². The first-order valence-corrected chi connectivity index (χ1v) is 10.4. The highest BCUT2D eigenvalue weighted by Gasteiger charge is 2.26. The first-order chi connectivity index (χ1) is 15.6. The number of anilines is 2. The van der Waals surface area contributed by atoms with E-state index >= 15 is 0 Å². The van der Waals surface area contributed by atoms with Gasteiger partial charge in [-0.2, -0.15) is 0 Å². The van der Waals surface area contributed by atoms with Crippen LogP contribution in [0.3, 0.4) is 0 Å². The van der Waals surface area contributed by atoms with Crippen molar-refractivity contribution in [2.75, 3.05) is 37.5 Å². The minimum absolute atomic E-state index is 0.0160. The van der Waals surface area contributed by atoms with Crippen LogP contribution in [0.1, 0.15) is 12.8 Å². The Kier molecular flexibility index (Phi) is 6.49. The molecule has 32 heavy (non-hydrogen) atoms. The van der Waals surface area contributed by atoms with Gasteiger partial charge in [0.2, 0.25) is 5.91 Å². The minimum atomic E-state index is -0.282. The van der Waals surface area contributed by atoms with Gasteiger partial charge in [0.15, 0.2) is 5.82 Å². The third-order valence-corrected chi connectivity index (χ3v) is 5.60. The molecule has 0 unspecified atom stereocenters. The molecule has 0 aliphatic carbocycles. The van der Waals surface area contributed by atoms with E-state index in [1.807, 2.05) is 12.1 Å². The fourth-order valence-corrected chi connectivity index (χ4v) is 3.76. The Morgan fingerprint density at radius 3 is 2.19 bits per heavy atom. The van der Waals surface area contributed by atoms with Crippen molar-refractivity contribution in [2.24, 2.45) is 5.92 Å². The van der Waals surface area contributed by atoms with Gasteiger partial charge in [0.05, 0.1) is 19.9 Å². The Labute approximate surface area is 186 Å². The Hall–Kier alpha value is -3.68. The molecular weight excluding hydrogens is 411 g/mol. The number of carbonyl (C=O) groups excluding carboxylic acids is 1. The third kappa shape index (κ3) is 4.96. The maximum absolute atomic E-state index is 13.1. The molecule has 0 atom stereocenters. The van der Waals surface area contributed by atoms with E-state index in [-0.39, 0.29) is 17.6 Å². The highest BCUT2D eigenvalue weighted by atomic mass is 19.1. The fraction of sp³-hybridized carbons (Fsp3) is 0.292. The smallest absolute Gasteiger partial charge is 0.227 e. The molecule has 3 aromatic rings. The summed E-state index contributed by atoms with van der Waals surface area (Å²) in [5.41, 5.74) is 2.16. The summed E-state index contributed by atoms with van der Waals surface area (Å²) >= 11 is 0. The molecule has 2 aromatic carbocycles. The number of benzene rings is 2. The maximum atomic E-state index is 13.1. The summed E-state index contributed by atoms with van der Waals surface area (Å²) in [5.74, 6) is 1.63. The van der Waals surface area contributed by atoms with E-state index in [1.54, 1.807) is 44.6 Å². The number of rotatable bonds is 6. The number of ether oxygens (including phenoxy) is 2. The molecule has 0 bridgehead atoms. The Balaban J connectivity index is 1.34. The normalized spacial score (nSPS) is 14.2. The van der Waals surface area contributed by atoms with Crippen molar-refractivity contribution in [3.8, 4) is 22.8 Å². The second-order valence-corrected chi connectivity index (χ2v) is 7.64. The van der Waals surface area contributed by atoms with Crippen molar-refractivity contribution in [1.82, 2.24) is 10.2 Å². The molecule has 2 heterocycles. The summed E-state index contributed by atoms with van der Waals surface area (Å²) in [6.07, 6.45) is 1.43. The summed E-state index contributed by atoms with van der Waals surface area (Å²) < 4.78 is 23.6. The van der Waals surface area contributed by atoms with Gasteiger partial charge in [-0.1, -0.05) is 0 Å². The van der Waals surface area contributed by atoms with Gasteiger partial charge in [-0.25, -0.2) is 4.39 Å². The molecule has 1 fully saturated rings. The number of nitrogens with zero attached hydrogens (tertiary/aromatic N) is 3. The molecule has 8 heteroatoms. The monoisotopic (exact) mass is 436 g/mol. The van der Waals surface area contributed by atoms with Gasteiger partial charge in [0.1, 0.15) is 17.3 Å². The summed E-state index contributed by atoms with van der Waals surface area (Å²) in [6, 6.07) is 15.3. The number of hydrogen-bond acceptors (Lipinski definition) is 6. The predicted octanol–water partition coefficient (Wildman–Crippen LogP) is 4.16. The zero-order valence-corrected chi connectivity index (χ0v) is 18.0. The average Bonchev–Trinajstić information content (AvgIpc) is 2.84. The maximum Gasteiger partial charge on any atom is 0.227 e. The molecular formula is C24H25FN4O3. The van der Waals surface area contributed by atoms with Crippen molar-refractivity contribution in [3.63, 3.8) is 0 Å². The number of amides is 1. The number of nitrogens with one attached hydrogen (secondary N) is 1. The standard InChI is InChI=1S/C24H25FN4O3/c1-31-20-13-19(14-21(15-20)32-2)26-24(30)17-9-11-29(12-10-17)23-8-7-22(27-28-23)16-3-5-18(25)6-4-16/h3-8,13-15,17H,9-12H2,1-2H3,(H,26,30). The number of methoxy groups -OCH3 is 2. The highest BCUT2D eigenvalue weighted by molar-refractivity contribution is 5.93. The van der Waals surface area contributed by atoms with Gasteiger partial charge in [-0.05, 0) is 49.2 Å². The molecule has 1 aromatic heterocycles. The minimum Gasteiger partial charge on any atom is -0.497 e. The van der Waals surface area contributed by atoms with Crippen molar-refractivity contribution in [2.45, 2.75) is 12.8 Å². The van der Waals surface area contributed by atoms with Crippen LogP contribution >= 0.6 is 0 Å². The molecule has 166 valence electrons. The lowest BCUT2D eigenvalue weighted by molar-refractivity contribution is -0.120. The lowest BCUT2D eigenvalue weighted by atomic mass is 9.95. The van der Waals surface area contributed by atoms with Crippen molar-refractivity contribution < 1.29 is 18.7 Å². The van der Waals surface area contributed by atoms with E-state index in [0.29, 0.717) is 48.8 Å². The molecule has 1 aliphatic heterocycles. The fourth-order valence-electron chi connectivity index (χ4n) is 3.76. The molecule has 7 nitrogen and oxygen atoms in total. The molecule has 1 saturated heterocycles.